The highest BCUT2D eigenvalue weighted by Crippen LogP contribution is 2.24. The Hall–Kier alpha value is -1.90. The van der Waals surface area contributed by atoms with E-state index in [9.17, 15) is 0 Å². The van der Waals surface area contributed by atoms with Gasteiger partial charge in [0.25, 0.3) is 0 Å². The molecule has 1 heterocycles. The molecule has 0 amide bonds. The van der Waals surface area contributed by atoms with Crippen molar-refractivity contribution in [3.05, 3.63) is 53.0 Å². The number of nitrogens with one attached hydrogen (secondary N) is 1. The highest BCUT2D eigenvalue weighted by molar-refractivity contribution is 5.47. The Morgan fingerprint density at radius 2 is 1.84 bits per heavy atom. The molecule has 0 unspecified atom stereocenters. The molecule has 0 bridgehead atoms. The molecule has 0 radical (unpaired) electrons. The first kappa shape index (κ1) is 12.2. The van der Waals surface area contributed by atoms with Crippen molar-refractivity contribution in [2.24, 2.45) is 0 Å². The van der Waals surface area contributed by atoms with E-state index in [0.29, 0.717) is 0 Å². The minimum atomic E-state index is 0.823. The van der Waals surface area contributed by atoms with Crippen molar-refractivity contribution in [2.45, 2.75) is 39.2 Å². The van der Waals surface area contributed by atoms with E-state index in [2.05, 4.69) is 46.5 Å². The molecular weight excluding hydrogens is 234 g/mol. The monoisotopic (exact) mass is 253 g/mol. The van der Waals surface area contributed by atoms with Crippen molar-refractivity contribution >= 4 is 5.82 Å². The molecule has 0 atom stereocenters. The zero-order valence-corrected chi connectivity index (χ0v) is 11.3. The molecule has 3 nitrogen and oxygen atoms in total. The fourth-order valence-electron chi connectivity index (χ4n) is 2.57. The van der Waals surface area contributed by atoms with Crippen LogP contribution in [-0.2, 0) is 19.4 Å². The van der Waals surface area contributed by atoms with Crippen LogP contribution in [0.1, 0.15) is 35.2 Å². The lowest BCUT2D eigenvalue weighted by Crippen LogP contribution is -2.12. The van der Waals surface area contributed by atoms with Crippen molar-refractivity contribution in [1.82, 2.24) is 9.97 Å². The molecule has 19 heavy (non-hydrogen) atoms. The number of hydrogen-bond donors (Lipinski definition) is 1. The third-order valence-electron chi connectivity index (χ3n) is 3.71. The lowest BCUT2D eigenvalue weighted by atomic mass is 9.96. The van der Waals surface area contributed by atoms with Crippen LogP contribution in [0.15, 0.2) is 30.6 Å². The first-order chi connectivity index (χ1) is 9.33. The summed E-state index contributed by atoms with van der Waals surface area (Å²) in [5.74, 6) is 1.02. The van der Waals surface area contributed by atoms with Crippen molar-refractivity contribution in [1.29, 1.82) is 0 Å². The number of aryl methyl sites for hydroxylation is 2. The quantitative estimate of drug-likeness (QED) is 0.912. The van der Waals surface area contributed by atoms with Crippen molar-refractivity contribution in [3.8, 4) is 0 Å². The van der Waals surface area contributed by atoms with Gasteiger partial charge in [0.15, 0.2) is 0 Å². The van der Waals surface area contributed by atoms with Gasteiger partial charge in [-0.2, -0.15) is 0 Å². The minimum Gasteiger partial charge on any atom is -0.366 e. The molecule has 2 aromatic rings. The maximum Gasteiger partial charge on any atom is 0.133 e. The summed E-state index contributed by atoms with van der Waals surface area (Å²) < 4.78 is 0. The maximum atomic E-state index is 4.40. The predicted molar refractivity (Wildman–Crippen MR) is 77.2 cm³/mol. The van der Waals surface area contributed by atoms with Gasteiger partial charge in [0.05, 0.1) is 0 Å². The first-order valence-corrected chi connectivity index (χ1v) is 6.95. The number of nitrogens with zero attached hydrogens (tertiary/aromatic N) is 2. The molecule has 0 aliphatic heterocycles. The zero-order valence-electron chi connectivity index (χ0n) is 11.3. The van der Waals surface area contributed by atoms with Gasteiger partial charge in [0.1, 0.15) is 12.1 Å². The molecule has 0 saturated heterocycles. The molecule has 3 heteroatoms. The number of aromatic nitrogens is 2. The Balaban J connectivity index is 1.75. The highest BCUT2D eigenvalue weighted by Gasteiger charge is 2.14. The van der Waals surface area contributed by atoms with Crippen LogP contribution in [0, 0.1) is 6.92 Å². The van der Waals surface area contributed by atoms with Gasteiger partial charge in [-0.25, -0.2) is 9.97 Å². The Kier molecular flexibility index (Phi) is 3.45. The summed E-state index contributed by atoms with van der Waals surface area (Å²) in [4.78, 5) is 8.80. The maximum absolute atomic E-state index is 4.40. The van der Waals surface area contributed by atoms with E-state index in [4.69, 9.17) is 0 Å². The van der Waals surface area contributed by atoms with E-state index < -0.39 is 0 Å². The molecule has 3 rings (SSSR count). The largest absolute Gasteiger partial charge is 0.366 e. The van der Waals surface area contributed by atoms with Gasteiger partial charge >= 0.3 is 0 Å². The van der Waals surface area contributed by atoms with E-state index in [-0.39, 0.29) is 0 Å². The van der Waals surface area contributed by atoms with Crippen LogP contribution in [0.4, 0.5) is 5.82 Å². The molecule has 98 valence electrons. The second kappa shape index (κ2) is 5.39. The number of rotatable bonds is 3. The first-order valence-electron chi connectivity index (χ1n) is 6.95. The molecule has 1 aliphatic rings. The highest BCUT2D eigenvalue weighted by atomic mass is 15.0. The van der Waals surface area contributed by atoms with Crippen LogP contribution < -0.4 is 5.32 Å². The number of fused-ring (bicyclic) bond motifs is 1. The van der Waals surface area contributed by atoms with Gasteiger partial charge < -0.3 is 5.32 Å². The molecule has 1 aromatic heterocycles. The molecular formula is C16H19N3. The third-order valence-corrected chi connectivity index (χ3v) is 3.71. The standard InChI is InChI=1S/C16H19N3/c1-12-6-8-13(9-7-12)10-17-16-14-4-2-3-5-15(14)18-11-19-16/h6-9,11H,2-5,10H2,1H3,(H,17,18,19). The zero-order chi connectivity index (χ0) is 13.1. The number of benzene rings is 1. The molecule has 1 N–H and O–H groups in total. The summed E-state index contributed by atoms with van der Waals surface area (Å²) in [5.41, 5.74) is 5.13. The van der Waals surface area contributed by atoms with E-state index in [1.54, 1.807) is 6.33 Å². The Morgan fingerprint density at radius 1 is 1.05 bits per heavy atom. The predicted octanol–water partition coefficient (Wildman–Crippen LogP) is 3.28. The molecule has 0 saturated carbocycles. The van der Waals surface area contributed by atoms with Crippen LogP contribution >= 0.6 is 0 Å². The summed E-state index contributed by atoms with van der Waals surface area (Å²) in [5, 5.41) is 3.46. The second-order valence-corrected chi connectivity index (χ2v) is 5.19. The van der Waals surface area contributed by atoms with E-state index in [1.165, 1.54) is 35.2 Å². The second-order valence-electron chi connectivity index (χ2n) is 5.19. The molecule has 1 aliphatic carbocycles. The third kappa shape index (κ3) is 2.75. The van der Waals surface area contributed by atoms with Crippen LogP contribution in [-0.4, -0.2) is 9.97 Å². The minimum absolute atomic E-state index is 0.823. The SMILES string of the molecule is Cc1ccc(CNc2ncnc3c2CCCC3)cc1. The fourth-order valence-corrected chi connectivity index (χ4v) is 2.57. The van der Waals surface area contributed by atoms with Gasteiger partial charge in [-0.3, -0.25) is 0 Å². The Morgan fingerprint density at radius 3 is 2.68 bits per heavy atom. The van der Waals surface area contributed by atoms with Crippen molar-refractivity contribution in [2.75, 3.05) is 5.32 Å². The Bertz CT molecular complexity index is 561. The average molecular weight is 253 g/mol. The van der Waals surface area contributed by atoms with Gasteiger partial charge in [-0.15, -0.1) is 0 Å². The lowest BCUT2D eigenvalue weighted by Gasteiger charge is -2.18. The lowest BCUT2D eigenvalue weighted by molar-refractivity contribution is 0.663. The molecule has 1 aromatic carbocycles. The molecule has 0 spiro atoms. The normalized spacial score (nSPS) is 13.9. The fraction of sp³-hybridized carbons (Fsp3) is 0.375. The smallest absolute Gasteiger partial charge is 0.133 e. The van der Waals surface area contributed by atoms with Gasteiger partial charge in [-0.05, 0) is 38.2 Å². The summed E-state index contributed by atoms with van der Waals surface area (Å²) in [6.45, 7) is 2.93. The van der Waals surface area contributed by atoms with Crippen LogP contribution in [0.25, 0.3) is 0 Å². The summed E-state index contributed by atoms with van der Waals surface area (Å²) in [7, 11) is 0. The van der Waals surface area contributed by atoms with Crippen LogP contribution in [0.5, 0.6) is 0 Å². The summed E-state index contributed by atoms with van der Waals surface area (Å²) in [6, 6.07) is 8.62. The topological polar surface area (TPSA) is 37.8 Å². The van der Waals surface area contributed by atoms with Gasteiger partial charge in [0.2, 0.25) is 0 Å². The summed E-state index contributed by atoms with van der Waals surface area (Å²) >= 11 is 0. The van der Waals surface area contributed by atoms with Gasteiger partial charge in [-0.1, -0.05) is 29.8 Å². The molecule has 0 fully saturated rings. The van der Waals surface area contributed by atoms with Crippen molar-refractivity contribution in [3.63, 3.8) is 0 Å². The number of anilines is 1. The number of hydrogen-bond acceptors (Lipinski definition) is 3. The van der Waals surface area contributed by atoms with E-state index in [1.807, 2.05) is 0 Å². The van der Waals surface area contributed by atoms with Crippen LogP contribution in [0.2, 0.25) is 0 Å². The summed E-state index contributed by atoms with van der Waals surface area (Å²) in [6.07, 6.45) is 6.38. The van der Waals surface area contributed by atoms with E-state index >= 15 is 0 Å². The van der Waals surface area contributed by atoms with E-state index in [0.717, 1.165) is 25.2 Å². The van der Waals surface area contributed by atoms with Gasteiger partial charge in [0, 0.05) is 17.8 Å². The average Bonchev–Trinajstić information content (AvgIpc) is 2.47. The van der Waals surface area contributed by atoms with Crippen molar-refractivity contribution < 1.29 is 0 Å². The van der Waals surface area contributed by atoms with Crippen LogP contribution in [0.3, 0.4) is 0 Å². The Labute approximate surface area is 114 Å².